The van der Waals surface area contributed by atoms with E-state index in [1.165, 1.54) is 23.9 Å². The van der Waals surface area contributed by atoms with Gasteiger partial charge in [0.15, 0.2) is 0 Å². The number of anilines is 1. The maximum absolute atomic E-state index is 12.7. The molecule has 1 saturated carbocycles. The minimum absolute atomic E-state index is 0.112. The Labute approximate surface area is 178 Å². The molecule has 0 unspecified atom stereocenters. The Morgan fingerprint density at radius 3 is 2.58 bits per heavy atom. The molecule has 5 rings (SSSR count). The van der Waals surface area contributed by atoms with Gasteiger partial charge < -0.3 is 4.57 Å². The highest BCUT2D eigenvalue weighted by molar-refractivity contribution is 5.91. The SMILES string of the molecule is O=C(CCn1nnc2ccccc2c1=O)Nc1nc2ccccc2n1C1CCCCC1. The van der Waals surface area contributed by atoms with Gasteiger partial charge in [-0.25, -0.2) is 9.67 Å². The lowest BCUT2D eigenvalue weighted by Gasteiger charge is -2.25. The second-order valence-electron chi connectivity index (χ2n) is 8.02. The van der Waals surface area contributed by atoms with E-state index in [1.54, 1.807) is 18.2 Å². The van der Waals surface area contributed by atoms with Crippen molar-refractivity contribution in [1.29, 1.82) is 0 Å². The Balaban J connectivity index is 1.36. The Morgan fingerprint density at radius 2 is 1.74 bits per heavy atom. The molecule has 158 valence electrons. The fourth-order valence-corrected chi connectivity index (χ4v) is 4.41. The van der Waals surface area contributed by atoms with E-state index in [0.29, 0.717) is 22.9 Å². The number of benzene rings is 2. The molecule has 2 heterocycles. The van der Waals surface area contributed by atoms with Crippen molar-refractivity contribution in [3.63, 3.8) is 0 Å². The van der Waals surface area contributed by atoms with E-state index < -0.39 is 0 Å². The first-order chi connectivity index (χ1) is 15.2. The van der Waals surface area contributed by atoms with Crippen LogP contribution in [0.3, 0.4) is 0 Å². The molecule has 8 heteroatoms. The number of nitrogens with zero attached hydrogens (tertiary/aromatic N) is 5. The zero-order valence-corrected chi connectivity index (χ0v) is 17.2. The maximum Gasteiger partial charge on any atom is 0.277 e. The lowest BCUT2D eigenvalue weighted by atomic mass is 9.95. The standard InChI is InChI=1S/C23H24N6O2/c30-21(14-15-28-22(31)17-10-4-5-11-18(17)26-27-28)25-23-24-19-12-6-7-13-20(19)29(23)16-8-2-1-3-9-16/h4-7,10-13,16H,1-3,8-9,14-15H2,(H,24,25,30). The minimum Gasteiger partial charge on any atom is -0.307 e. The van der Waals surface area contributed by atoms with E-state index in [1.807, 2.05) is 24.3 Å². The van der Waals surface area contributed by atoms with Crippen molar-refractivity contribution in [3.8, 4) is 0 Å². The molecule has 1 fully saturated rings. The third kappa shape index (κ3) is 3.81. The van der Waals surface area contributed by atoms with Crippen molar-refractivity contribution in [2.75, 3.05) is 5.32 Å². The summed E-state index contributed by atoms with van der Waals surface area (Å²) in [6.45, 7) is 0.159. The van der Waals surface area contributed by atoms with Crippen molar-refractivity contribution in [2.24, 2.45) is 0 Å². The van der Waals surface area contributed by atoms with Gasteiger partial charge in [-0.3, -0.25) is 14.9 Å². The molecule has 1 aliphatic rings. The summed E-state index contributed by atoms with van der Waals surface area (Å²) < 4.78 is 3.42. The number of carbonyl (C=O) groups excluding carboxylic acids is 1. The van der Waals surface area contributed by atoms with Crippen LogP contribution in [0.2, 0.25) is 0 Å². The number of rotatable bonds is 5. The largest absolute Gasteiger partial charge is 0.307 e. The molecule has 0 spiro atoms. The van der Waals surface area contributed by atoms with Crippen LogP contribution in [-0.4, -0.2) is 30.5 Å². The monoisotopic (exact) mass is 416 g/mol. The lowest BCUT2D eigenvalue weighted by molar-refractivity contribution is -0.116. The summed E-state index contributed by atoms with van der Waals surface area (Å²) in [5.74, 6) is 0.379. The van der Waals surface area contributed by atoms with Crippen LogP contribution in [0.5, 0.6) is 0 Å². The molecule has 31 heavy (non-hydrogen) atoms. The summed E-state index contributed by atoms with van der Waals surface area (Å²) >= 11 is 0. The predicted octanol–water partition coefficient (Wildman–Crippen LogP) is 3.68. The van der Waals surface area contributed by atoms with Gasteiger partial charge in [0.25, 0.3) is 5.56 Å². The van der Waals surface area contributed by atoms with Gasteiger partial charge in [0.05, 0.1) is 23.0 Å². The van der Waals surface area contributed by atoms with Crippen LogP contribution in [0.1, 0.15) is 44.6 Å². The number of aryl methyl sites for hydroxylation is 1. The highest BCUT2D eigenvalue weighted by Gasteiger charge is 2.22. The molecule has 1 aliphatic carbocycles. The highest BCUT2D eigenvalue weighted by atomic mass is 16.2. The Morgan fingerprint density at radius 1 is 1.00 bits per heavy atom. The van der Waals surface area contributed by atoms with Crippen LogP contribution in [-0.2, 0) is 11.3 Å². The number of fused-ring (bicyclic) bond motifs is 2. The van der Waals surface area contributed by atoms with Crippen molar-refractivity contribution in [2.45, 2.75) is 51.1 Å². The van der Waals surface area contributed by atoms with Gasteiger partial charge in [-0.2, -0.15) is 0 Å². The van der Waals surface area contributed by atoms with E-state index in [2.05, 4.69) is 31.2 Å². The molecule has 8 nitrogen and oxygen atoms in total. The molecule has 0 atom stereocenters. The molecule has 2 aromatic carbocycles. The molecule has 0 bridgehead atoms. The second kappa shape index (κ2) is 8.29. The number of nitrogens with one attached hydrogen (secondary N) is 1. The first-order valence-corrected chi connectivity index (χ1v) is 10.8. The van der Waals surface area contributed by atoms with Gasteiger partial charge >= 0.3 is 0 Å². The third-order valence-electron chi connectivity index (χ3n) is 5.97. The molecule has 0 aliphatic heterocycles. The fraction of sp³-hybridized carbons (Fsp3) is 0.348. The van der Waals surface area contributed by atoms with Gasteiger partial charge in [0, 0.05) is 12.5 Å². The fourth-order valence-electron chi connectivity index (χ4n) is 4.41. The van der Waals surface area contributed by atoms with Gasteiger partial charge in [-0.15, -0.1) is 5.10 Å². The third-order valence-corrected chi connectivity index (χ3v) is 5.97. The van der Waals surface area contributed by atoms with Crippen molar-refractivity contribution >= 4 is 33.8 Å². The quantitative estimate of drug-likeness (QED) is 0.536. The van der Waals surface area contributed by atoms with Crippen molar-refractivity contribution in [1.82, 2.24) is 24.5 Å². The van der Waals surface area contributed by atoms with Crippen molar-refractivity contribution in [3.05, 3.63) is 58.9 Å². The number of aromatic nitrogens is 5. The van der Waals surface area contributed by atoms with Crippen LogP contribution < -0.4 is 10.9 Å². The second-order valence-corrected chi connectivity index (χ2v) is 8.02. The zero-order chi connectivity index (χ0) is 21.2. The van der Waals surface area contributed by atoms with Gasteiger partial charge in [-0.1, -0.05) is 48.7 Å². The van der Waals surface area contributed by atoms with Crippen LogP contribution in [0, 0.1) is 0 Å². The smallest absolute Gasteiger partial charge is 0.277 e. The number of hydrogen-bond donors (Lipinski definition) is 1. The van der Waals surface area contributed by atoms with E-state index >= 15 is 0 Å². The van der Waals surface area contributed by atoms with E-state index in [0.717, 1.165) is 23.9 Å². The van der Waals surface area contributed by atoms with Gasteiger partial charge in [-0.05, 0) is 37.1 Å². The van der Waals surface area contributed by atoms with Crippen LogP contribution in [0.15, 0.2) is 53.3 Å². The molecular formula is C23H24N6O2. The minimum atomic E-state index is -0.243. The average Bonchev–Trinajstić information content (AvgIpc) is 3.17. The van der Waals surface area contributed by atoms with Gasteiger partial charge in [0.2, 0.25) is 11.9 Å². The van der Waals surface area contributed by atoms with Gasteiger partial charge in [0.1, 0.15) is 5.52 Å². The Bertz CT molecular complexity index is 1300. The molecule has 2 aromatic heterocycles. The van der Waals surface area contributed by atoms with Crippen molar-refractivity contribution < 1.29 is 4.79 Å². The Kier molecular flexibility index (Phi) is 5.19. The molecule has 1 N–H and O–H groups in total. The maximum atomic E-state index is 12.7. The van der Waals surface area contributed by atoms with E-state index in [9.17, 15) is 9.59 Å². The number of imidazole rings is 1. The first-order valence-electron chi connectivity index (χ1n) is 10.8. The first kappa shape index (κ1) is 19.4. The lowest BCUT2D eigenvalue weighted by Crippen LogP contribution is -2.27. The van der Waals surface area contributed by atoms with Crippen LogP contribution in [0.4, 0.5) is 5.95 Å². The van der Waals surface area contributed by atoms with Crippen LogP contribution in [0.25, 0.3) is 21.9 Å². The molecule has 4 aromatic rings. The predicted molar refractivity (Wildman–Crippen MR) is 119 cm³/mol. The number of amides is 1. The number of para-hydroxylation sites is 2. The molecule has 1 amide bonds. The molecular weight excluding hydrogens is 392 g/mol. The van der Waals surface area contributed by atoms with E-state index in [-0.39, 0.29) is 24.4 Å². The number of carbonyl (C=O) groups is 1. The number of hydrogen-bond acceptors (Lipinski definition) is 5. The van der Waals surface area contributed by atoms with Crippen LogP contribution >= 0.6 is 0 Å². The highest BCUT2D eigenvalue weighted by Crippen LogP contribution is 2.34. The summed E-state index contributed by atoms with van der Waals surface area (Å²) in [5.41, 5.74) is 2.23. The normalized spacial score (nSPS) is 14.8. The summed E-state index contributed by atoms with van der Waals surface area (Å²) in [6.07, 6.45) is 5.92. The molecule has 0 saturated heterocycles. The summed E-state index contributed by atoms with van der Waals surface area (Å²) in [4.78, 5) is 30.0. The zero-order valence-electron chi connectivity index (χ0n) is 17.2. The molecule has 0 radical (unpaired) electrons. The van der Waals surface area contributed by atoms with E-state index in [4.69, 9.17) is 0 Å². The summed E-state index contributed by atoms with van der Waals surface area (Å²) in [7, 11) is 0. The Hall–Kier alpha value is -3.55. The summed E-state index contributed by atoms with van der Waals surface area (Å²) in [5, 5.41) is 11.5. The summed E-state index contributed by atoms with van der Waals surface area (Å²) in [6, 6.07) is 15.4. The topological polar surface area (TPSA) is 94.7 Å². The average molecular weight is 416 g/mol.